The Balaban J connectivity index is 2.62. The number of halogens is 1. The summed E-state index contributed by atoms with van der Waals surface area (Å²) in [6, 6.07) is 8.68. The number of methoxy groups -OCH3 is 1. The molecular formula is C13H10ClNO2. The van der Waals surface area contributed by atoms with Gasteiger partial charge in [-0.3, -0.25) is 9.78 Å². The number of nitrogens with zero attached hydrogens (tertiary/aromatic N) is 1. The van der Waals surface area contributed by atoms with Crippen molar-refractivity contribution in [2.24, 2.45) is 0 Å². The molecule has 0 saturated heterocycles. The molecule has 0 fully saturated rings. The molecule has 0 amide bonds. The van der Waals surface area contributed by atoms with E-state index in [4.69, 9.17) is 16.3 Å². The zero-order valence-electron chi connectivity index (χ0n) is 9.18. The number of pyridine rings is 1. The van der Waals surface area contributed by atoms with Crippen molar-refractivity contribution in [3.8, 4) is 17.0 Å². The highest BCUT2D eigenvalue weighted by atomic mass is 35.5. The summed E-state index contributed by atoms with van der Waals surface area (Å²) in [6.45, 7) is 0. The van der Waals surface area contributed by atoms with Gasteiger partial charge in [0.2, 0.25) is 0 Å². The molecule has 0 aliphatic heterocycles. The van der Waals surface area contributed by atoms with E-state index in [1.165, 1.54) is 0 Å². The molecule has 17 heavy (non-hydrogen) atoms. The Labute approximate surface area is 104 Å². The smallest absolute Gasteiger partial charge is 0.150 e. The Morgan fingerprint density at radius 3 is 2.88 bits per heavy atom. The lowest BCUT2D eigenvalue weighted by molar-refractivity contribution is 0.112. The molecule has 1 heterocycles. The molecule has 2 aromatic rings. The minimum absolute atomic E-state index is 0.542. The molecule has 1 aromatic heterocycles. The van der Waals surface area contributed by atoms with Gasteiger partial charge in [-0.1, -0.05) is 17.7 Å². The number of carbonyl (C=O) groups is 1. The highest BCUT2D eigenvalue weighted by Crippen LogP contribution is 2.35. The van der Waals surface area contributed by atoms with E-state index in [1.807, 2.05) is 0 Å². The molecule has 0 saturated carbocycles. The second kappa shape index (κ2) is 4.97. The SMILES string of the molecule is COc1cccc(Cl)c1-c1cc(C=O)ccn1. The molecular weight excluding hydrogens is 238 g/mol. The Morgan fingerprint density at radius 1 is 1.35 bits per heavy atom. The maximum absolute atomic E-state index is 10.7. The minimum Gasteiger partial charge on any atom is -0.496 e. The summed E-state index contributed by atoms with van der Waals surface area (Å²) in [7, 11) is 1.57. The van der Waals surface area contributed by atoms with Crippen molar-refractivity contribution in [3.63, 3.8) is 0 Å². The van der Waals surface area contributed by atoms with Crippen LogP contribution in [0.15, 0.2) is 36.5 Å². The monoisotopic (exact) mass is 247 g/mol. The molecule has 4 heteroatoms. The van der Waals surface area contributed by atoms with Gasteiger partial charge in [-0.05, 0) is 24.3 Å². The number of hydrogen-bond donors (Lipinski definition) is 0. The Hall–Kier alpha value is -1.87. The van der Waals surface area contributed by atoms with Gasteiger partial charge in [0.15, 0.2) is 0 Å². The van der Waals surface area contributed by atoms with E-state index in [9.17, 15) is 4.79 Å². The second-order valence-electron chi connectivity index (χ2n) is 3.41. The fourth-order valence-corrected chi connectivity index (χ4v) is 1.84. The molecule has 3 nitrogen and oxygen atoms in total. The van der Waals surface area contributed by atoms with Crippen LogP contribution in [0.5, 0.6) is 5.75 Å². The molecule has 0 atom stereocenters. The van der Waals surface area contributed by atoms with E-state index in [1.54, 1.807) is 43.6 Å². The maximum atomic E-state index is 10.7. The third-order valence-corrected chi connectivity index (χ3v) is 2.69. The maximum Gasteiger partial charge on any atom is 0.150 e. The lowest BCUT2D eigenvalue weighted by atomic mass is 10.1. The van der Waals surface area contributed by atoms with E-state index in [0.29, 0.717) is 27.6 Å². The summed E-state index contributed by atoms with van der Waals surface area (Å²) in [4.78, 5) is 14.9. The second-order valence-corrected chi connectivity index (χ2v) is 3.82. The van der Waals surface area contributed by atoms with E-state index < -0.39 is 0 Å². The van der Waals surface area contributed by atoms with Crippen LogP contribution in [0.4, 0.5) is 0 Å². The first-order valence-electron chi connectivity index (χ1n) is 5.00. The molecule has 86 valence electrons. The van der Waals surface area contributed by atoms with Crippen molar-refractivity contribution < 1.29 is 9.53 Å². The van der Waals surface area contributed by atoms with Gasteiger partial charge in [0.1, 0.15) is 12.0 Å². The minimum atomic E-state index is 0.542. The molecule has 0 bridgehead atoms. The van der Waals surface area contributed by atoms with Crippen molar-refractivity contribution in [2.75, 3.05) is 7.11 Å². The lowest BCUT2D eigenvalue weighted by Crippen LogP contribution is -1.92. The first-order valence-corrected chi connectivity index (χ1v) is 5.38. The predicted molar refractivity (Wildman–Crippen MR) is 66.6 cm³/mol. The lowest BCUT2D eigenvalue weighted by Gasteiger charge is -2.09. The van der Waals surface area contributed by atoms with Crippen molar-refractivity contribution in [1.82, 2.24) is 4.98 Å². The fourth-order valence-electron chi connectivity index (χ4n) is 1.58. The Morgan fingerprint density at radius 2 is 2.18 bits per heavy atom. The number of aromatic nitrogens is 1. The molecule has 0 aliphatic rings. The first-order chi connectivity index (χ1) is 8.26. The molecule has 0 radical (unpaired) electrons. The van der Waals surface area contributed by atoms with E-state index >= 15 is 0 Å². The van der Waals surface area contributed by atoms with Crippen molar-refractivity contribution in [3.05, 3.63) is 47.1 Å². The molecule has 0 N–H and O–H groups in total. The summed E-state index contributed by atoms with van der Waals surface area (Å²) < 4.78 is 5.24. The highest BCUT2D eigenvalue weighted by molar-refractivity contribution is 6.33. The Kier molecular flexibility index (Phi) is 3.40. The van der Waals surface area contributed by atoms with Crippen LogP contribution in [0.1, 0.15) is 10.4 Å². The summed E-state index contributed by atoms with van der Waals surface area (Å²) in [5, 5.41) is 0.542. The van der Waals surface area contributed by atoms with Crippen molar-refractivity contribution >= 4 is 17.9 Å². The molecule has 0 unspecified atom stereocenters. The summed E-state index contributed by atoms with van der Waals surface area (Å²) >= 11 is 6.13. The van der Waals surface area contributed by atoms with Gasteiger partial charge >= 0.3 is 0 Å². The number of aldehydes is 1. The third kappa shape index (κ3) is 2.29. The van der Waals surface area contributed by atoms with Gasteiger partial charge in [-0.25, -0.2) is 0 Å². The van der Waals surface area contributed by atoms with Gasteiger partial charge in [-0.15, -0.1) is 0 Å². The number of carbonyl (C=O) groups excluding carboxylic acids is 1. The van der Waals surface area contributed by atoms with Gasteiger partial charge in [0.05, 0.1) is 23.4 Å². The van der Waals surface area contributed by atoms with Crippen LogP contribution < -0.4 is 4.74 Å². The number of benzene rings is 1. The predicted octanol–water partition coefficient (Wildman–Crippen LogP) is 3.22. The van der Waals surface area contributed by atoms with Gasteiger partial charge in [-0.2, -0.15) is 0 Å². The number of rotatable bonds is 3. The topological polar surface area (TPSA) is 39.2 Å². The van der Waals surface area contributed by atoms with Crippen molar-refractivity contribution in [2.45, 2.75) is 0 Å². The Bertz CT molecular complexity index is 555. The number of ether oxygens (including phenoxy) is 1. The molecule has 2 rings (SSSR count). The summed E-state index contributed by atoms with van der Waals surface area (Å²) in [5.41, 5.74) is 1.87. The quantitative estimate of drug-likeness (QED) is 0.782. The highest BCUT2D eigenvalue weighted by Gasteiger charge is 2.11. The molecule has 0 spiro atoms. The average molecular weight is 248 g/mol. The van der Waals surface area contributed by atoms with Crippen LogP contribution in [0.2, 0.25) is 5.02 Å². The molecule has 1 aromatic carbocycles. The van der Waals surface area contributed by atoms with E-state index in [2.05, 4.69) is 4.98 Å². The van der Waals surface area contributed by atoms with Crippen LogP contribution in [0, 0.1) is 0 Å². The zero-order valence-corrected chi connectivity index (χ0v) is 9.94. The van der Waals surface area contributed by atoms with E-state index in [-0.39, 0.29) is 0 Å². The average Bonchev–Trinajstić information content (AvgIpc) is 2.38. The zero-order chi connectivity index (χ0) is 12.3. The van der Waals surface area contributed by atoms with Gasteiger partial charge in [0, 0.05) is 11.8 Å². The van der Waals surface area contributed by atoms with Crippen LogP contribution >= 0.6 is 11.6 Å². The van der Waals surface area contributed by atoms with Gasteiger partial charge in [0.25, 0.3) is 0 Å². The summed E-state index contributed by atoms with van der Waals surface area (Å²) in [6.07, 6.45) is 2.34. The van der Waals surface area contributed by atoms with Gasteiger partial charge < -0.3 is 4.74 Å². The standard InChI is InChI=1S/C13H10ClNO2/c1-17-12-4-2-3-10(14)13(12)11-7-9(8-16)5-6-15-11/h2-8H,1H3. The fraction of sp³-hybridized carbons (Fsp3) is 0.0769. The summed E-state index contributed by atoms with van der Waals surface area (Å²) in [5.74, 6) is 0.632. The van der Waals surface area contributed by atoms with Crippen LogP contribution in [-0.2, 0) is 0 Å². The largest absolute Gasteiger partial charge is 0.496 e. The normalized spacial score (nSPS) is 10.0. The third-order valence-electron chi connectivity index (χ3n) is 2.37. The van der Waals surface area contributed by atoms with Crippen molar-refractivity contribution in [1.29, 1.82) is 0 Å². The van der Waals surface area contributed by atoms with E-state index in [0.717, 1.165) is 6.29 Å². The van der Waals surface area contributed by atoms with Crippen LogP contribution in [0.25, 0.3) is 11.3 Å². The number of hydrogen-bond acceptors (Lipinski definition) is 3. The van der Waals surface area contributed by atoms with Crippen LogP contribution in [-0.4, -0.2) is 18.4 Å². The van der Waals surface area contributed by atoms with Crippen LogP contribution in [0.3, 0.4) is 0 Å². The first kappa shape index (κ1) is 11.6. The molecule has 0 aliphatic carbocycles.